The van der Waals surface area contributed by atoms with E-state index in [1.165, 1.54) is 6.20 Å². The van der Waals surface area contributed by atoms with E-state index in [1.807, 2.05) is 0 Å². The molecule has 1 aromatic heterocycles. The second-order valence-corrected chi connectivity index (χ2v) is 6.05. The minimum Gasteiger partial charge on any atom is -0.444 e. The summed E-state index contributed by atoms with van der Waals surface area (Å²) in [6, 6.07) is 0. The molecule has 1 heterocycles. The van der Waals surface area contributed by atoms with Crippen LogP contribution in [-0.2, 0) is 16.1 Å². The van der Waals surface area contributed by atoms with Gasteiger partial charge in [-0.3, -0.25) is 10.1 Å². The van der Waals surface area contributed by atoms with Crippen LogP contribution in [-0.4, -0.2) is 28.8 Å². The number of anilines is 1. The molecule has 2 amide bonds. The van der Waals surface area contributed by atoms with Gasteiger partial charge in [0.15, 0.2) is 5.13 Å². The zero-order valence-electron chi connectivity index (χ0n) is 11.5. The minimum absolute atomic E-state index is 0.0362. The summed E-state index contributed by atoms with van der Waals surface area (Å²) in [4.78, 5) is 26.2. The number of alkyl carbamates (subject to hydrolysis) is 1. The number of nitrogens with one attached hydrogen (secondary N) is 2. The first kappa shape index (κ1) is 17.2. The van der Waals surface area contributed by atoms with Crippen LogP contribution < -0.4 is 10.6 Å². The summed E-state index contributed by atoms with van der Waals surface area (Å²) in [6.45, 7) is 5.13. The monoisotopic (exact) mass is 325 g/mol. The van der Waals surface area contributed by atoms with Gasteiger partial charge in [-0.2, -0.15) is 13.2 Å². The molecule has 0 aliphatic rings. The molecule has 0 saturated heterocycles. The number of carbonyl (C=O) groups is 2. The SMILES string of the molecule is CC(C)(C)OC(=O)NCc1cnc(NC(=O)C(F)(F)F)s1. The van der Waals surface area contributed by atoms with Crippen LogP contribution in [0.3, 0.4) is 0 Å². The lowest BCUT2D eigenvalue weighted by molar-refractivity contribution is -0.167. The molecule has 0 fully saturated rings. The van der Waals surface area contributed by atoms with Crippen LogP contribution in [0, 0.1) is 0 Å². The zero-order valence-corrected chi connectivity index (χ0v) is 12.3. The third-order valence-corrected chi connectivity index (χ3v) is 2.75. The second kappa shape index (κ2) is 6.29. The predicted molar refractivity (Wildman–Crippen MR) is 69.9 cm³/mol. The van der Waals surface area contributed by atoms with Gasteiger partial charge in [-0.15, -0.1) is 0 Å². The van der Waals surface area contributed by atoms with E-state index in [2.05, 4.69) is 10.3 Å². The summed E-state index contributed by atoms with van der Waals surface area (Å²) in [5.41, 5.74) is -0.649. The van der Waals surface area contributed by atoms with Crippen molar-refractivity contribution in [2.75, 3.05) is 5.32 Å². The first-order valence-electron chi connectivity index (χ1n) is 5.77. The van der Waals surface area contributed by atoms with Crippen molar-refractivity contribution >= 4 is 28.5 Å². The van der Waals surface area contributed by atoms with Gasteiger partial charge in [0.1, 0.15) is 5.60 Å². The first-order valence-corrected chi connectivity index (χ1v) is 6.59. The van der Waals surface area contributed by atoms with Crippen LogP contribution in [0.25, 0.3) is 0 Å². The van der Waals surface area contributed by atoms with E-state index in [1.54, 1.807) is 26.1 Å². The Kier molecular flexibility index (Phi) is 5.15. The third kappa shape index (κ3) is 6.43. The lowest BCUT2D eigenvalue weighted by Gasteiger charge is -2.19. The number of amides is 2. The minimum atomic E-state index is -4.97. The molecule has 0 radical (unpaired) electrons. The van der Waals surface area contributed by atoms with Crippen LogP contribution in [0.1, 0.15) is 25.6 Å². The normalized spacial score (nSPS) is 11.9. The summed E-state index contributed by atoms with van der Waals surface area (Å²) >= 11 is 0.824. The summed E-state index contributed by atoms with van der Waals surface area (Å²) in [7, 11) is 0. The Balaban J connectivity index is 2.49. The topological polar surface area (TPSA) is 80.3 Å². The van der Waals surface area contributed by atoms with Crippen LogP contribution in [0.5, 0.6) is 0 Å². The van der Waals surface area contributed by atoms with Crippen molar-refractivity contribution < 1.29 is 27.5 Å². The summed E-state index contributed by atoms with van der Waals surface area (Å²) in [6.07, 6.45) is -4.37. The first-order chi connectivity index (χ1) is 9.47. The fourth-order valence-electron chi connectivity index (χ4n) is 1.09. The molecule has 2 N–H and O–H groups in total. The van der Waals surface area contributed by atoms with Gasteiger partial charge < -0.3 is 10.1 Å². The number of rotatable bonds is 3. The number of nitrogens with zero attached hydrogens (tertiary/aromatic N) is 1. The zero-order chi connectivity index (χ0) is 16.3. The molecule has 0 saturated carbocycles. The molecule has 6 nitrogen and oxygen atoms in total. The van der Waals surface area contributed by atoms with Crippen molar-refractivity contribution in [3.05, 3.63) is 11.1 Å². The Morgan fingerprint density at radius 1 is 1.33 bits per heavy atom. The van der Waals surface area contributed by atoms with E-state index in [-0.39, 0.29) is 11.7 Å². The fourth-order valence-corrected chi connectivity index (χ4v) is 1.84. The van der Waals surface area contributed by atoms with Crippen LogP contribution in [0.2, 0.25) is 0 Å². The molecule has 0 bridgehead atoms. The highest BCUT2D eigenvalue weighted by Crippen LogP contribution is 2.22. The largest absolute Gasteiger partial charge is 0.471 e. The van der Waals surface area contributed by atoms with E-state index >= 15 is 0 Å². The van der Waals surface area contributed by atoms with Crippen LogP contribution in [0.4, 0.5) is 23.1 Å². The number of aromatic nitrogens is 1. The highest BCUT2D eigenvalue weighted by molar-refractivity contribution is 7.15. The van der Waals surface area contributed by atoms with Crippen molar-refractivity contribution in [2.45, 2.75) is 39.1 Å². The maximum absolute atomic E-state index is 12.0. The van der Waals surface area contributed by atoms with E-state index in [4.69, 9.17) is 4.74 Å². The molecule has 0 aliphatic heterocycles. The quantitative estimate of drug-likeness (QED) is 0.895. The molecule has 0 spiro atoms. The molecule has 10 heteroatoms. The molecule has 0 atom stereocenters. The number of thiazole rings is 1. The molecular weight excluding hydrogens is 311 g/mol. The highest BCUT2D eigenvalue weighted by Gasteiger charge is 2.39. The molecule has 118 valence electrons. The maximum Gasteiger partial charge on any atom is 0.471 e. The van der Waals surface area contributed by atoms with Gasteiger partial charge in [-0.25, -0.2) is 9.78 Å². The molecule has 0 aromatic carbocycles. The van der Waals surface area contributed by atoms with E-state index in [0.717, 1.165) is 11.3 Å². The van der Waals surface area contributed by atoms with Crippen molar-refractivity contribution in [1.29, 1.82) is 0 Å². The number of hydrogen-bond acceptors (Lipinski definition) is 5. The molecular formula is C11H14F3N3O3S. The maximum atomic E-state index is 12.0. The van der Waals surface area contributed by atoms with Gasteiger partial charge in [-0.05, 0) is 20.8 Å². The lowest BCUT2D eigenvalue weighted by Crippen LogP contribution is -2.31. The molecule has 0 unspecified atom stereocenters. The number of hydrogen-bond donors (Lipinski definition) is 2. The van der Waals surface area contributed by atoms with Crippen LogP contribution >= 0.6 is 11.3 Å². The highest BCUT2D eigenvalue weighted by atomic mass is 32.1. The van der Waals surface area contributed by atoms with Crippen molar-refractivity contribution in [3.8, 4) is 0 Å². The van der Waals surface area contributed by atoms with Crippen molar-refractivity contribution in [2.24, 2.45) is 0 Å². The van der Waals surface area contributed by atoms with E-state index in [0.29, 0.717) is 4.88 Å². The number of carbonyl (C=O) groups excluding carboxylic acids is 2. The second-order valence-electron chi connectivity index (χ2n) is 4.94. The predicted octanol–water partition coefficient (Wildman–Crippen LogP) is 2.67. The van der Waals surface area contributed by atoms with Crippen LogP contribution in [0.15, 0.2) is 6.20 Å². The third-order valence-electron chi connectivity index (χ3n) is 1.84. The Bertz CT molecular complexity index is 523. The molecule has 21 heavy (non-hydrogen) atoms. The summed E-state index contributed by atoms with van der Waals surface area (Å²) in [5, 5.41) is 3.86. The Morgan fingerprint density at radius 2 is 1.95 bits per heavy atom. The summed E-state index contributed by atoms with van der Waals surface area (Å²) < 4.78 is 41.1. The fraction of sp³-hybridized carbons (Fsp3) is 0.545. The Morgan fingerprint density at radius 3 is 2.48 bits per heavy atom. The molecule has 1 rings (SSSR count). The summed E-state index contributed by atoms with van der Waals surface area (Å²) in [5.74, 6) is -2.09. The number of alkyl halides is 3. The molecule has 0 aliphatic carbocycles. The van der Waals surface area contributed by atoms with E-state index < -0.39 is 23.8 Å². The Hall–Kier alpha value is -1.84. The average Bonchev–Trinajstić information content (AvgIpc) is 2.70. The van der Waals surface area contributed by atoms with Gasteiger partial charge in [0.05, 0.1) is 6.54 Å². The van der Waals surface area contributed by atoms with Gasteiger partial charge in [0, 0.05) is 11.1 Å². The van der Waals surface area contributed by atoms with Gasteiger partial charge in [-0.1, -0.05) is 11.3 Å². The standard InChI is InChI=1S/C11H14F3N3O3S/c1-10(2,3)20-9(19)16-5-6-4-15-8(21-6)17-7(18)11(12,13)14/h4H,5H2,1-3H3,(H,16,19)(H,15,17,18). The average molecular weight is 325 g/mol. The van der Waals surface area contributed by atoms with Gasteiger partial charge in [0.25, 0.3) is 0 Å². The van der Waals surface area contributed by atoms with Crippen molar-refractivity contribution in [1.82, 2.24) is 10.3 Å². The van der Waals surface area contributed by atoms with E-state index in [9.17, 15) is 22.8 Å². The molecule has 1 aromatic rings. The number of halogens is 3. The van der Waals surface area contributed by atoms with Crippen molar-refractivity contribution in [3.63, 3.8) is 0 Å². The lowest BCUT2D eigenvalue weighted by atomic mass is 10.2. The Labute approximate surface area is 122 Å². The van der Waals surface area contributed by atoms with Gasteiger partial charge >= 0.3 is 18.2 Å². The van der Waals surface area contributed by atoms with Gasteiger partial charge in [0.2, 0.25) is 0 Å². The number of ether oxygens (including phenoxy) is 1. The smallest absolute Gasteiger partial charge is 0.444 e.